The van der Waals surface area contributed by atoms with Gasteiger partial charge in [-0.15, -0.1) is 0 Å². The number of halogens is 4. The van der Waals surface area contributed by atoms with Crippen molar-refractivity contribution < 1.29 is 13.2 Å². The van der Waals surface area contributed by atoms with Crippen molar-refractivity contribution in [1.29, 1.82) is 0 Å². The van der Waals surface area contributed by atoms with Gasteiger partial charge in [-0.1, -0.05) is 18.5 Å². The Balaban J connectivity index is 2.32. The molecule has 0 radical (unpaired) electrons. The summed E-state index contributed by atoms with van der Waals surface area (Å²) in [5.74, 6) is 0. The predicted molar refractivity (Wildman–Crippen MR) is 73.9 cm³/mol. The van der Waals surface area contributed by atoms with Gasteiger partial charge < -0.3 is 5.32 Å². The lowest BCUT2D eigenvalue weighted by molar-refractivity contribution is -0.137. The summed E-state index contributed by atoms with van der Waals surface area (Å²) in [6.45, 7) is 5.33. The molecule has 1 fully saturated rings. The SMILES string of the molecule is CC[C@H](c1cc(C(F)(F)F)ccc1Cl)N1CCNCC1. The average molecular weight is 307 g/mol. The van der Waals surface area contributed by atoms with Crippen molar-refractivity contribution in [3.63, 3.8) is 0 Å². The highest BCUT2D eigenvalue weighted by atomic mass is 35.5. The maximum absolute atomic E-state index is 12.8. The highest BCUT2D eigenvalue weighted by Gasteiger charge is 2.32. The van der Waals surface area contributed by atoms with Crippen LogP contribution in [-0.4, -0.2) is 31.1 Å². The molecular formula is C14H18ClF3N2. The van der Waals surface area contributed by atoms with E-state index >= 15 is 0 Å². The second-order valence-corrected chi connectivity index (χ2v) is 5.35. The smallest absolute Gasteiger partial charge is 0.314 e. The molecule has 6 heteroatoms. The minimum absolute atomic E-state index is 0.0631. The lowest BCUT2D eigenvalue weighted by Gasteiger charge is -2.35. The minimum atomic E-state index is -4.33. The molecule has 1 aliphatic heterocycles. The first-order valence-electron chi connectivity index (χ1n) is 6.75. The van der Waals surface area contributed by atoms with Crippen LogP contribution in [0.2, 0.25) is 5.02 Å². The van der Waals surface area contributed by atoms with Crippen molar-refractivity contribution in [3.8, 4) is 0 Å². The largest absolute Gasteiger partial charge is 0.416 e. The van der Waals surface area contributed by atoms with E-state index < -0.39 is 11.7 Å². The fourth-order valence-corrected chi connectivity index (χ4v) is 2.89. The first-order valence-corrected chi connectivity index (χ1v) is 7.12. The number of hydrogen-bond acceptors (Lipinski definition) is 2. The van der Waals surface area contributed by atoms with Crippen LogP contribution < -0.4 is 5.32 Å². The number of piperazine rings is 1. The summed E-state index contributed by atoms with van der Waals surface area (Å²) in [4.78, 5) is 2.19. The summed E-state index contributed by atoms with van der Waals surface area (Å²) < 4.78 is 38.5. The van der Waals surface area contributed by atoms with Gasteiger partial charge >= 0.3 is 6.18 Å². The quantitative estimate of drug-likeness (QED) is 0.915. The second-order valence-electron chi connectivity index (χ2n) is 4.94. The van der Waals surface area contributed by atoms with Gasteiger partial charge in [0.25, 0.3) is 0 Å². The third-order valence-corrected chi connectivity index (χ3v) is 4.01. The van der Waals surface area contributed by atoms with E-state index in [2.05, 4.69) is 10.2 Å². The summed E-state index contributed by atoms with van der Waals surface area (Å²) in [6, 6.07) is 3.52. The molecule has 2 nitrogen and oxygen atoms in total. The summed E-state index contributed by atoms with van der Waals surface area (Å²) in [5.41, 5.74) is -0.0589. The Kier molecular flexibility index (Phi) is 4.94. The summed E-state index contributed by atoms with van der Waals surface area (Å²) in [7, 11) is 0. The van der Waals surface area contributed by atoms with Crippen LogP contribution in [0.15, 0.2) is 18.2 Å². The molecule has 20 heavy (non-hydrogen) atoms. The van der Waals surface area contributed by atoms with E-state index in [4.69, 9.17) is 11.6 Å². The zero-order valence-electron chi connectivity index (χ0n) is 11.3. The van der Waals surface area contributed by atoms with Crippen LogP contribution in [0.4, 0.5) is 13.2 Å². The van der Waals surface area contributed by atoms with Crippen molar-refractivity contribution in [1.82, 2.24) is 10.2 Å². The molecule has 1 heterocycles. The Bertz CT molecular complexity index is 456. The Morgan fingerprint density at radius 3 is 2.50 bits per heavy atom. The number of hydrogen-bond donors (Lipinski definition) is 1. The lowest BCUT2D eigenvalue weighted by Crippen LogP contribution is -2.45. The monoisotopic (exact) mass is 306 g/mol. The molecule has 0 amide bonds. The van der Waals surface area contributed by atoms with Gasteiger partial charge in [0.2, 0.25) is 0 Å². The van der Waals surface area contributed by atoms with Crippen LogP contribution in [0.3, 0.4) is 0 Å². The predicted octanol–water partition coefficient (Wildman–Crippen LogP) is 3.72. The topological polar surface area (TPSA) is 15.3 Å². The molecule has 2 rings (SSSR count). The fraction of sp³-hybridized carbons (Fsp3) is 0.571. The highest BCUT2D eigenvalue weighted by Crippen LogP contribution is 2.36. The zero-order chi connectivity index (χ0) is 14.8. The maximum Gasteiger partial charge on any atom is 0.416 e. The first-order chi connectivity index (χ1) is 9.43. The Morgan fingerprint density at radius 1 is 1.30 bits per heavy atom. The summed E-state index contributed by atoms with van der Waals surface area (Å²) >= 11 is 6.13. The molecule has 0 aliphatic carbocycles. The van der Waals surface area contributed by atoms with Gasteiger partial charge in [0.1, 0.15) is 0 Å². The van der Waals surface area contributed by atoms with Crippen LogP contribution in [-0.2, 0) is 6.18 Å². The number of alkyl halides is 3. The van der Waals surface area contributed by atoms with Crippen LogP contribution in [0.25, 0.3) is 0 Å². The van der Waals surface area contributed by atoms with Crippen molar-refractivity contribution in [2.75, 3.05) is 26.2 Å². The minimum Gasteiger partial charge on any atom is -0.314 e. The van der Waals surface area contributed by atoms with E-state index in [1.54, 1.807) is 0 Å². The van der Waals surface area contributed by atoms with E-state index in [1.165, 1.54) is 12.1 Å². The molecule has 0 saturated carbocycles. The van der Waals surface area contributed by atoms with Gasteiger partial charge in [0, 0.05) is 37.2 Å². The number of nitrogens with zero attached hydrogens (tertiary/aromatic N) is 1. The van der Waals surface area contributed by atoms with Crippen molar-refractivity contribution in [2.24, 2.45) is 0 Å². The normalized spacial score (nSPS) is 19.1. The molecule has 1 aromatic carbocycles. The molecule has 0 aromatic heterocycles. The Hall–Kier alpha value is -0.780. The standard InChI is InChI=1S/C14H18ClF3N2/c1-2-13(20-7-5-19-6-8-20)11-9-10(14(16,17)18)3-4-12(11)15/h3-4,9,13,19H,2,5-8H2,1H3/t13-/m1/s1. The van der Waals surface area contributed by atoms with Gasteiger partial charge in [0.15, 0.2) is 0 Å². The maximum atomic E-state index is 12.8. The molecule has 1 N–H and O–H groups in total. The number of rotatable bonds is 3. The van der Waals surface area contributed by atoms with E-state index in [-0.39, 0.29) is 6.04 Å². The molecule has 0 spiro atoms. The highest BCUT2D eigenvalue weighted by molar-refractivity contribution is 6.31. The van der Waals surface area contributed by atoms with Gasteiger partial charge in [-0.25, -0.2) is 0 Å². The molecule has 1 saturated heterocycles. The summed E-state index contributed by atoms with van der Waals surface area (Å²) in [6.07, 6.45) is -3.60. The number of nitrogens with one attached hydrogen (secondary N) is 1. The molecule has 1 aliphatic rings. The molecule has 0 unspecified atom stereocenters. The van der Waals surface area contributed by atoms with Crippen molar-refractivity contribution in [2.45, 2.75) is 25.6 Å². The fourth-order valence-electron chi connectivity index (χ4n) is 2.64. The number of benzene rings is 1. The second kappa shape index (κ2) is 6.33. The Morgan fingerprint density at radius 2 is 1.95 bits per heavy atom. The molecular weight excluding hydrogens is 289 g/mol. The average Bonchev–Trinajstić information content (AvgIpc) is 2.41. The van der Waals surface area contributed by atoms with Crippen molar-refractivity contribution in [3.05, 3.63) is 34.3 Å². The van der Waals surface area contributed by atoms with E-state index in [0.29, 0.717) is 10.6 Å². The van der Waals surface area contributed by atoms with Gasteiger partial charge in [-0.05, 0) is 30.2 Å². The molecule has 1 atom stereocenters. The van der Waals surface area contributed by atoms with E-state index in [0.717, 1.165) is 38.7 Å². The van der Waals surface area contributed by atoms with Gasteiger partial charge in [0.05, 0.1) is 5.56 Å². The van der Waals surface area contributed by atoms with E-state index in [1.807, 2.05) is 6.92 Å². The lowest BCUT2D eigenvalue weighted by atomic mass is 9.99. The third kappa shape index (κ3) is 3.45. The summed E-state index contributed by atoms with van der Waals surface area (Å²) in [5, 5.41) is 3.65. The van der Waals surface area contributed by atoms with Crippen molar-refractivity contribution >= 4 is 11.6 Å². The van der Waals surface area contributed by atoms with Crippen LogP contribution in [0.1, 0.15) is 30.5 Å². The van der Waals surface area contributed by atoms with Gasteiger partial charge in [-0.2, -0.15) is 13.2 Å². The van der Waals surface area contributed by atoms with Crippen LogP contribution >= 0.6 is 11.6 Å². The third-order valence-electron chi connectivity index (χ3n) is 3.66. The van der Waals surface area contributed by atoms with Crippen LogP contribution in [0.5, 0.6) is 0 Å². The van der Waals surface area contributed by atoms with Crippen LogP contribution in [0, 0.1) is 0 Å². The molecule has 1 aromatic rings. The van der Waals surface area contributed by atoms with E-state index in [9.17, 15) is 13.2 Å². The molecule has 112 valence electrons. The van der Waals surface area contributed by atoms with Gasteiger partial charge in [-0.3, -0.25) is 4.90 Å². The zero-order valence-corrected chi connectivity index (χ0v) is 12.1. The molecule has 0 bridgehead atoms. The Labute approximate surface area is 121 Å². The first kappa shape index (κ1) is 15.6.